The lowest BCUT2D eigenvalue weighted by molar-refractivity contribution is -0.138. The molecule has 0 saturated carbocycles. The van der Waals surface area contributed by atoms with Crippen LogP contribution >= 0.6 is 11.3 Å². The topological polar surface area (TPSA) is 82.5 Å². The van der Waals surface area contributed by atoms with E-state index < -0.39 is 5.97 Å². The molecule has 128 valence electrons. The van der Waals surface area contributed by atoms with Gasteiger partial charge in [-0.1, -0.05) is 19.1 Å². The zero-order valence-corrected chi connectivity index (χ0v) is 14.6. The summed E-state index contributed by atoms with van der Waals surface area (Å²) >= 11 is 1.44. The summed E-state index contributed by atoms with van der Waals surface area (Å²) in [5, 5.41) is 14.4. The van der Waals surface area contributed by atoms with E-state index in [1.807, 2.05) is 17.5 Å². The van der Waals surface area contributed by atoms with Crippen molar-refractivity contribution in [3.05, 3.63) is 40.9 Å². The molecule has 7 heteroatoms. The lowest BCUT2D eigenvalue weighted by Crippen LogP contribution is -2.30. The first-order chi connectivity index (χ1) is 11.5. The predicted molar refractivity (Wildman–Crippen MR) is 94.8 cm³/mol. The highest BCUT2D eigenvalue weighted by molar-refractivity contribution is 7.13. The number of nitrogens with zero attached hydrogens (tertiary/aromatic N) is 2. The first-order valence-corrected chi connectivity index (χ1v) is 8.62. The van der Waals surface area contributed by atoms with Gasteiger partial charge in [0.05, 0.1) is 18.5 Å². The van der Waals surface area contributed by atoms with Crippen molar-refractivity contribution in [2.75, 3.05) is 18.9 Å². The van der Waals surface area contributed by atoms with E-state index >= 15 is 0 Å². The van der Waals surface area contributed by atoms with Crippen LogP contribution in [0.4, 0.5) is 10.8 Å². The molecule has 1 aromatic carbocycles. The number of hydrogen-bond donors (Lipinski definition) is 2. The molecule has 0 aliphatic heterocycles. The normalized spacial score (nSPS) is 10.4. The maximum Gasteiger partial charge on any atom is 0.305 e. The number of likely N-dealkylation sites (N-methyl/N-ethyl adjacent to an activating group) is 1. The van der Waals surface area contributed by atoms with Gasteiger partial charge in [-0.2, -0.15) is 0 Å². The van der Waals surface area contributed by atoms with Crippen molar-refractivity contribution in [2.45, 2.75) is 26.2 Å². The Bertz CT molecular complexity index is 697. The minimum atomic E-state index is -0.913. The van der Waals surface area contributed by atoms with Gasteiger partial charge >= 0.3 is 5.97 Å². The summed E-state index contributed by atoms with van der Waals surface area (Å²) in [6.45, 7) is 2.31. The fraction of sp³-hybridized carbons (Fsp3) is 0.353. The number of carboxylic acid groups (broad SMARTS) is 1. The van der Waals surface area contributed by atoms with E-state index in [1.54, 1.807) is 7.05 Å². The molecule has 0 spiro atoms. The van der Waals surface area contributed by atoms with Gasteiger partial charge in [0, 0.05) is 24.7 Å². The van der Waals surface area contributed by atoms with Crippen molar-refractivity contribution < 1.29 is 14.7 Å². The third-order valence-corrected chi connectivity index (χ3v) is 4.39. The van der Waals surface area contributed by atoms with Crippen LogP contribution in [0, 0.1) is 0 Å². The Balaban J connectivity index is 1.90. The quantitative estimate of drug-likeness (QED) is 0.767. The minimum absolute atomic E-state index is 0.0557. The molecule has 0 unspecified atom stereocenters. The van der Waals surface area contributed by atoms with Crippen LogP contribution in [0.3, 0.4) is 0 Å². The molecule has 2 rings (SSSR count). The second kappa shape index (κ2) is 8.44. The molecule has 1 amide bonds. The molecule has 24 heavy (non-hydrogen) atoms. The van der Waals surface area contributed by atoms with Crippen molar-refractivity contribution in [3.8, 4) is 0 Å². The minimum Gasteiger partial charge on any atom is -0.481 e. The number of hydrogen-bond acceptors (Lipinski definition) is 5. The van der Waals surface area contributed by atoms with Crippen LogP contribution in [-0.4, -0.2) is 40.5 Å². The average Bonchev–Trinajstić information content (AvgIpc) is 3.00. The lowest BCUT2D eigenvalue weighted by atomic mass is 10.1. The highest BCUT2D eigenvalue weighted by atomic mass is 32.1. The number of anilines is 2. The van der Waals surface area contributed by atoms with Gasteiger partial charge in [0.2, 0.25) is 5.91 Å². The second-order valence-electron chi connectivity index (χ2n) is 5.46. The first-order valence-electron chi connectivity index (χ1n) is 7.74. The number of amides is 1. The number of thiazole rings is 1. The number of carbonyl (C=O) groups excluding carboxylic acids is 1. The van der Waals surface area contributed by atoms with E-state index in [2.05, 4.69) is 29.4 Å². The van der Waals surface area contributed by atoms with E-state index in [0.29, 0.717) is 5.69 Å². The van der Waals surface area contributed by atoms with Crippen molar-refractivity contribution in [3.63, 3.8) is 0 Å². The van der Waals surface area contributed by atoms with Gasteiger partial charge in [0.1, 0.15) is 0 Å². The summed E-state index contributed by atoms with van der Waals surface area (Å²) in [5.74, 6) is -1.05. The molecule has 0 aliphatic rings. The third kappa shape index (κ3) is 5.34. The maximum atomic E-state index is 12.0. The highest BCUT2D eigenvalue weighted by Gasteiger charge is 2.13. The SMILES string of the molecule is CCc1ccc(Nc2nc(CC(=O)N(C)CCC(=O)O)cs2)cc1. The fourth-order valence-electron chi connectivity index (χ4n) is 2.07. The summed E-state index contributed by atoms with van der Waals surface area (Å²) in [6.07, 6.45) is 1.11. The number of carboxylic acids is 1. The molecule has 0 aliphatic carbocycles. The predicted octanol–water partition coefficient (Wildman–Crippen LogP) is 2.92. The lowest BCUT2D eigenvalue weighted by Gasteiger charge is -2.15. The van der Waals surface area contributed by atoms with E-state index in [1.165, 1.54) is 21.8 Å². The Labute approximate surface area is 145 Å². The smallest absolute Gasteiger partial charge is 0.305 e. The standard InChI is InChI=1S/C17H21N3O3S/c1-3-12-4-6-13(7-5-12)18-17-19-14(11-24-17)10-15(21)20(2)9-8-16(22)23/h4-7,11H,3,8-10H2,1-2H3,(H,18,19)(H,22,23). The molecule has 0 bridgehead atoms. The van der Waals surface area contributed by atoms with Crippen LogP contribution < -0.4 is 5.32 Å². The monoisotopic (exact) mass is 347 g/mol. The summed E-state index contributed by atoms with van der Waals surface area (Å²) < 4.78 is 0. The van der Waals surface area contributed by atoms with Crippen LogP contribution in [0.2, 0.25) is 0 Å². The number of benzene rings is 1. The summed E-state index contributed by atoms with van der Waals surface area (Å²) in [5.41, 5.74) is 2.91. The third-order valence-electron chi connectivity index (χ3n) is 3.58. The van der Waals surface area contributed by atoms with Crippen LogP contribution in [0.15, 0.2) is 29.6 Å². The van der Waals surface area contributed by atoms with Gasteiger partial charge in [-0.05, 0) is 24.1 Å². The van der Waals surface area contributed by atoms with Crippen LogP contribution in [-0.2, 0) is 22.4 Å². The molecule has 2 aromatic rings. The van der Waals surface area contributed by atoms with E-state index in [4.69, 9.17) is 5.11 Å². The van der Waals surface area contributed by atoms with Gasteiger partial charge in [0.25, 0.3) is 0 Å². The number of carbonyl (C=O) groups is 2. The Kier molecular flexibility index (Phi) is 6.31. The van der Waals surface area contributed by atoms with Gasteiger partial charge in [-0.3, -0.25) is 9.59 Å². The molecule has 6 nitrogen and oxygen atoms in total. The summed E-state index contributed by atoms with van der Waals surface area (Å²) in [7, 11) is 1.60. The van der Waals surface area contributed by atoms with Crippen LogP contribution in [0.1, 0.15) is 24.6 Å². The highest BCUT2D eigenvalue weighted by Crippen LogP contribution is 2.21. The molecule has 0 radical (unpaired) electrons. The molecule has 2 N–H and O–H groups in total. The molecule has 1 heterocycles. The Morgan fingerprint density at radius 1 is 1.29 bits per heavy atom. The molecule has 0 fully saturated rings. The molecular formula is C17H21N3O3S. The first kappa shape index (κ1) is 17.9. The van der Waals surface area contributed by atoms with Crippen molar-refractivity contribution in [1.82, 2.24) is 9.88 Å². The zero-order chi connectivity index (χ0) is 17.5. The Morgan fingerprint density at radius 2 is 2.00 bits per heavy atom. The fourth-order valence-corrected chi connectivity index (χ4v) is 2.80. The number of nitrogens with one attached hydrogen (secondary N) is 1. The summed E-state index contributed by atoms with van der Waals surface area (Å²) in [4.78, 5) is 28.4. The number of aromatic nitrogens is 1. The Hall–Kier alpha value is -2.41. The zero-order valence-electron chi connectivity index (χ0n) is 13.8. The van der Waals surface area contributed by atoms with Crippen molar-refractivity contribution in [1.29, 1.82) is 0 Å². The van der Waals surface area contributed by atoms with Crippen molar-refractivity contribution >= 4 is 34.0 Å². The molecular weight excluding hydrogens is 326 g/mol. The largest absolute Gasteiger partial charge is 0.481 e. The summed E-state index contributed by atoms with van der Waals surface area (Å²) in [6, 6.07) is 8.14. The van der Waals surface area contributed by atoms with Gasteiger partial charge in [0.15, 0.2) is 5.13 Å². The van der Waals surface area contributed by atoms with E-state index in [0.717, 1.165) is 17.2 Å². The Morgan fingerprint density at radius 3 is 2.62 bits per heavy atom. The van der Waals surface area contributed by atoms with Crippen LogP contribution in [0.25, 0.3) is 0 Å². The van der Waals surface area contributed by atoms with Gasteiger partial charge in [-0.25, -0.2) is 4.98 Å². The molecule has 0 saturated heterocycles. The van der Waals surface area contributed by atoms with Crippen LogP contribution in [0.5, 0.6) is 0 Å². The number of rotatable bonds is 8. The van der Waals surface area contributed by atoms with Gasteiger partial charge in [-0.15, -0.1) is 11.3 Å². The molecule has 1 aromatic heterocycles. The average molecular weight is 347 g/mol. The van der Waals surface area contributed by atoms with Crippen molar-refractivity contribution in [2.24, 2.45) is 0 Å². The van der Waals surface area contributed by atoms with Gasteiger partial charge < -0.3 is 15.3 Å². The number of aryl methyl sites for hydroxylation is 1. The maximum absolute atomic E-state index is 12.0. The van der Waals surface area contributed by atoms with E-state index in [9.17, 15) is 9.59 Å². The molecule has 0 atom stereocenters. The van der Waals surface area contributed by atoms with E-state index in [-0.39, 0.29) is 25.3 Å². The number of aliphatic carboxylic acids is 1. The second-order valence-corrected chi connectivity index (χ2v) is 6.31.